The summed E-state index contributed by atoms with van der Waals surface area (Å²) in [5.74, 6) is 0.955. The molecule has 98 valence electrons. The normalized spacial score (nSPS) is 29.9. The average molecular weight is 246 g/mol. The minimum Gasteiger partial charge on any atom is -0.490 e. The summed E-state index contributed by atoms with van der Waals surface area (Å²) < 4.78 is 6.13. The van der Waals surface area contributed by atoms with Gasteiger partial charge in [0.25, 0.3) is 0 Å². The molecule has 1 aromatic rings. The van der Waals surface area contributed by atoms with Crippen molar-refractivity contribution in [3.05, 3.63) is 29.8 Å². The summed E-state index contributed by atoms with van der Waals surface area (Å²) in [5.41, 5.74) is 1.28. The maximum Gasteiger partial charge on any atom is 0.120 e. The number of ether oxygens (including phenoxy) is 1. The summed E-state index contributed by atoms with van der Waals surface area (Å²) in [6.07, 6.45) is 6.92. The highest BCUT2D eigenvalue weighted by Crippen LogP contribution is 2.53. The third-order valence-electron chi connectivity index (χ3n) is 4.79. The van der Waals surface area contributed by atoms with Crippen molar-refractivity contribution in [3.63, 3.8) is 0 Å². The van der Waals surface area contributed by atoms with E-state index in [9.17, 15) is 5.11 Å². The summed E-state index contributed by atoms with van der Waals surface area (Å²) >= 11 is 0. The highest BCUT2D eigenvalue weighted by Gasteiger charge is 2.56. The van der Waals surface area contributed by atoms with Gasteiger partial charge in [-0.2, -0.15) is 0 Å². The summed E-state index contributed by atoms with van der Waals surface area (Å²) in [6.45, 7) is 2.08. The Morgan fingerprint density at radius 3 is 2.67 bits per heavy atom. The fourth-order valence-corrected chi connectivity index (χ4v) is 3.61. The Morgan fingerprint density at radius 2 is 2.00 bits per heavy atom. The first-order valence-electron chi connectivity index (χ1n) is 7.12. The molecule has 2 saturated carbocycles. The zero-order valence-electron chi connectivity index (χ0n) is 11.1. The summed E-state index contributed by atoms with van der Waals surface area (Å²) in [4.78, 5) is 0. The van der Waals surface area contributed by atoms with Crippen LogP contribution in [0.15, 0.2) is 24.3 Å². The Labute approximate surface area is 109 Å². The first kappa shape index (κ1) is 12.0. The van der Waals surface area contributed by atoms with Crippen LogP contribution in [0.4, 0.5) is 0 Å². The van der Waals surface area contributed by atoms with E-state index >= 15 is 0 Å². The number of hydrogen-bond acceptors (Lipinski definition) is 2. The fourth-order valence-electron chi connectivity index (χ4n) is 3.61. The molecule has 2 nitrogen and oxygen atoms in total. The first-order chi connectivity index (χ1) is 8.71. The second-order valence-electron chi connectivity index (χ2n) is 5.97. The van der Waals surface area contributed by atoms with Crippen LogP contribution >= 0.6 is 0 Å². The molecule has 2 aliphatic rings. The Morgan fingerprint density at radius 1 is 1.22 bits per heavy atom. The Hall–Kier alpha value is -1.02. The van der Waals surface area contributed by atoms with Crippen LogP contribution in [-0.4, -0.2) is 17.3 Å². The molecular formula is C16H22O2. The van der Waals surface area contributed by atoms with Crippen molar-refractivity contribution in [3.8, 4) is 5.75 Å². The van der Waals surface area contributed by atoms with E-state index in [0.29, 0.717) is 0 Å². The van der Waals surface area contributed by atoms with E-state index in [2.05, 4.69) is 19.1 Å². The molecule has 1 aromatic carbocycles. The third-order valence-corrected chi connectivity index (χ3v) is 4.79. The summed E-state index contributed by atoms with van der Waals surface area (Å²) in [6, 6.07) is 8.22. The SMILES string of the molecule is Cc1cccc(OC2CC(O)C23CCCCC3)c1. The van der Waals surface area contributed by atoms with Gasteiger partial charge in [0.05, 0.1) is 6.10 Å². The number of hydrogen-bond donors (Lipinski definition) is 1. The number of aryl methyl sites for hydroxylation is 1. The quantitative estimate of drug-likeness (QED) is 0.866. The largest absolute Gasteiger partial charge is 0.490 e. The number of benzene rings is 1. The molecule has 2 fully saturated rings. The van der Waals surface area contributed by atoms with E-state index in [4.69, 9.17) is 4.74 Å². The second kappa shape index (κ2) is 4.58. The Kier molecular flexibility index (Phi) is 3.06. The number of rotatable bonds is 2. The highest BCUT2D eigenvalue weighted by molar-refractivity contribution is 5.28. The van der Waals surface area contributed by atoms with Gasteiger partial charge in [0.15, 0.2) is 0 Å². The Balaban J connectivity index is 1.73. The Bertz CT molecular complexity index is 421. The van der Waals surface area contributed by atoms with Crippen LogP contribution in [0.2, 0.25) is 0 Å². The van der Waals surface area contributed by atoms with Crippen LogP contribution < -0.4 is 4.74 Å². The van der Waals surface area contributed by atoms with Gasteiger partial charge in [-0.3, -0.25) is 0 Å². The zero-order chi connectivity index (χ0) is 12.6. The van der Waals surface area contributed by atoms with Crippen LogP contribution in [-0.2, 0) is 0 Å². The monoisotopic (exact) mass is 246 g/mol. The highest BCUT2D eigenvalue weighted by atomic mass is 16.5. The maximum absolute atomic E-state index is 10.1. The minimum atomic E-state index is -0.146. The molecule has 0 amide bonds. The zero-order valence-corrected chi connectivity index (χ0v) is 11.1. The van der Waals surface area contributed by atoms with Gasteiger partial charge < -0.3 is 9.84 Å². The molecule has 0 heterocycles. The molecule has 2 atom stereocenters. The van der Waals surface area contributed by atoms with Crippen molar-refractivity contribution in [1.82, 2.24) is 0 Å². The molecule has 3 rings (SSSR count). The lowest BCUT2D eigenvalue weighted by molar-refractivity contribution is -0.172. The number of aliphatic hydroxyl groups is 1. The molecule has 0 aliphatic heterocycles. The molecule has 1 spiro atoms. The van der Waals surface area contributed by atoms with Gasteiger partial charge in [-0.1, -0.05) is 31.4 Å². The van der Waals surface area contributed by atoms with Gasteiger partial charge in [0, 0.05) is 11.8 Å². The first-order valence-corrected chi connectivity index (χ1v) is 7.12. The van der Waals surface area contributed by atoms with E-state index in [-0.39, 0.29) is 17.6 Å². The van der Waals surface area contributed by atoms with E-state index < -0.39 is 0 Å². The molecule has 2 heteroatoms. The van der Waals surface area contributed by atoms with Gasteiger partial charge in [0.2, 0.25) is 0 Å². The standard InChI is InChI=1S/C16H22O2/c1-12-6-5-7-13(10-12)18-15-11-14(17)16(15)8-3-2-4-9-16/h5-7,10,14-15,17H,2-4,8-9,11H2,1H3. The van der Waals surface area contributed by atoms with Crippen LogP contribution in [0, 0.1) is 12.3 Å². The van der Waals surface area contributed by atoms with Crippen molar-refractivity contribution in [2.75, 3.05) is 0 Å². The van der Waals surface area contributed by atoms with Crippen LogP contribution in [0.1, 0.15) is 44.1 Å². The van der Waals surface area contributed by atoms with Crippen molar-refractivity contribution in [1.29, 1.82) is 0 Å². The topological polar surface area (TPSA) is 29.5 Å². The van der Waals surface area contributed by atoms with E-state index in [1.165, 1.54) is 24.8 Å². The van der Waals surface area contributed by atoms with Gasteiger partial charge in [-0.25, -0.2) is 0 Å². The average Bonchev–Trinajstić information content (AvgIpc) is 2.39. The maximum atomic E-state index is 10.1. The molecule has 18 heavy (non-hydrogen) atoms. The van der Waals surface area contributed by atoms with Gasteiger partial charge >= 0.3 is 0 Å². The summed E-state index contributed by atoms with van der Waals surface area (Å²) in [5, 5.41) is 10.1. The third kappa shape index (κ3) is 1.93. The van der Waals surface area contributed by atoms with Crippen molar-refractivity contribution < 1.29 is 9.84 Å². The minimum absolute atomic E-state index is 0.0575. The van der Waals surface area contributed by atoms with E-state index in [1.54, 1.807) is 0 Å². The van der Waals surface area contributed by atoms with Gasteiger partial charge in [-0.05, 0) is 37.5 Å². The van der Waals surface area contributed by atoms with Gasteiger partial charge in [-0.15, -0.1) is 0 Å². The van der Waals surface area contributed by atoms with Crippen molar-refractivity contribution in [2.24, 2.45) is 5.41 Å². The molecule has 0 bridgehead atoms. The summed E-state index contributed by atoms with van der Waals surface area (Å²) in [7, 11) is 0. The van der Waals surface area contributed by atoms with Crippen LogP contribution in [0.5, 0.6) is 5.75 Å². The molecule has 0 radical (unpaired) electrons. The predicted octanol–water partition coefficient (Wildman–Crippen LogP) is 3.46. The van der Waals surface area contributed by atoms with Crippen molar-refractivity contribution in [2.45, 2.75) is 57.7 Å². The lowest BCUT2D eigenvalue weighted by Gasteiger charge is -2.55. The second-order valence-corrected chi connectivity index (χ2v) is 5.97. The molecule has 0 saturated heterocycles. The van der Waals surface area contributed by atoms with Crippen molar-refractivity contribution >= 4 is 0 Å². The van der Waals surface area contributed by atoms with Gasteiger partial charge in [0.1, 0.15) is 11.9 Å². The molecule has 2 aliphatic carbocycles. The fraction of sp³-hybridized carbons (Fsp3) is 0.625. The smallest absolute Gasteiger partial charge is 0.120 e. The molecular weight excluding hydrogens is 224 g/mol. The van der Waals surface area contributed by atoms with Crippen LogP contribution in [0.3, 0.4) is 0 Å². The molecule has 2 unspecified atom stereocenters. The lowest BCUT2D eigenvalue weighted by Crippen LogP contribution is -2.60. The predicted molar refractivity (Wildman–Crippen MR) is 71.7 cm³/mol. The van der Waals surface area contributed by atoms with Crippen LogP contribution in [0.25, 0.3) is 0 Å². The molecule has 0 aromatic heterocycles. The lowest BCUT2D eigenvalue weighted by atomic mass is 9.56. The number of aliphatic hydroxyl groups excluding tert-OH is 1. The molecule has 1 N–H and O–H groups in total. The van der Waals surface area contributed by atoms with E-state index in [1.807, 2.05) is 12.1 Å². The van der Waals surface area contributed by atoms with E-state index in [0.717, 1.165) is 25.0 Å².